The normalized spacial score (nSPS) is 14.5. The van der Waals surface area contributed by atoms with Gasteiger partial charge in [0, 0.05) is 25.7 Å². The summed E-state index contributed by atoms with van der Waals surface area (Å²) < 4.78 is 68.6. The minimum absolute atomic E-state index is 0.0151. The molecule has 0 aromatic heterocycles. The van der Waals surface area contributed by atoms with Crippen LogP contribution in [0.5, 0.6) is 0 Å². The van der Waals surface area contributed by atoms with Gasteiger partial charge in [-0.25, -0.2) is 9.13 Å². The number of hydrogen-bond donors (Lipinski definition) is 3. The van der Waals surface area contributed by atoms with Gasteiger partial charge < -0.3 is 33.8 Å². The summed E-state index contributed by atoms with van der Waals surface area (Å²) in [5.41, 5.74) is 0. The number of rotatable bonds is 77. The number of esters is 4. The van der Waals surface area contributed by atoms with E-state index in [2.05, 4.69) is 149 Å². The smallest absolute Gasteiger partial charge is 0.462 e. The van der Waals surface area contributed by atoms with Crippen LogP contribution in [0.3, 0.4) is 0 Å². The monoisotopic (exact) mass is 1530 g/mol. The van der Waals surface area contributed by atoms with Gasteiger partial charge in [-0.2, -0.15) is 0 Å². The first-order valence-electron chi connectivity index (χ1n) is 41.4. The van der Waals surface area contributed by atoms with Crippen molar-refractivity contribution >= 4 is 39.5 Å². The van der Waals surface area contributed by atoms with E-state index in [-0.39, 0.29) is 25.7 Å². The summed E-state index contributed by atoms with van der Waals surface area (Å²) in [4.78, 5) is 73.1. The molecule has 0 amide bonds. The van der Waals surface area contributed by atoms with Crippen LogP contribution >= 0.6 is 15.6 Å². The van der Waals surface area contributed by atoms with Crippen LogP contribution in [-0.2, 0) is 65.4 Å². The average molecular weight is 1530 g/mol. The Morgan fingerprint density at radius 2 is 0.500 bits per heavy atom. The molecule has 3 N–H and O–H groups in total. The van der Waals surface area contributed by atoms with Crippen LogP contribution in [0.2, 0.25) is 0 Å². The molecule has 0 saturated heterocycles. The number of carbonyl (C=O) groups excluding carboxylic acids is 4. The molecule has 608 valence electrons. The van der Waals surface area contributed by atoms with E-state index in [1.165, 1.54) is 83.5 Å². The van der Waals surface area contributed by atoms with E-state index in [0.717, 1.165) is 167 Å². The number of aliphatic hydroxyl groups is 1. The summed E-state index contributed by atoms with van der Waals surface area (Å²) >= 11 is 0. The molecular formula is C87H148O17P2. The maximum atomic E-state index is 13.1. The quantitative estimate of drug-likeness (QED) is 0.0169. The number of phosphoric ester groups is 2. The Labute approximate surface area is 644 Å². The van der Waals surface area contributed by atoms with Gasteiger partial charge in [-0.15, -0.1) is 0 Å². The number of carbonyl (C=O) groups is 4. The fraction of sp³-hybridized carbons (Fsp3) is 0.701. The van der Waals surface area contributed by atoms with Crippen molar-refractivity contribution in [3.63, 3.8) is 0 Å². The van der Waals surface area contributed by atoms with Crippen molar-refractivity contribution in [2.75, 3.05) is 39.6 Å². The standard InChI is InChI=1S/C87H148O17P2/c1-5-9-13-17-21-25-29-33-37-39-40-42-45-48-52-56-60-64-68-72-85(90)98-78-82(103-86(91)73-69-65-61-57-53-49-44-36-32-28-24-20-16-12-8-4)79-101-105(93,94)99-75-81(88)76-100-106(95,96)102-80-83(77-97-84(89)71-67-63-59-55-51-47-43-35-31-27-23-19-15-11-7-3)104-87(92)74-70-66-62-58-54-50-46-41-38-34-30-26-22-18-14-10-6-2/h9,13,21-22,25-26,28,32-35,37-38,40,42-43,46,48,50,52,58,62,81-83,88H,5-8,10-12,14-20,23-24,27,29-31,36,39,41,44-45,47,49,51,53-57,59-61,63-80H2,1-4H3,(H,93,94)(H,95,96)/b13-9-,25-21-,26-22-,32-28-,37-33-,38-34-,42-40-,43-35-,50-46-,52-48-,62-58-/t81-,82-,83-/m1/s1. The van der Waals surface area contributed by atoms with Gasteiger partial charge in [-0.3, -0.25) is 37.3 Å². The fourth-order valence-corrected chi connectivity index (χ4v) is 12.3. The molecule has 0 aliphatic rings. The number of ether oxygens (including phenoxy) is 4. The summed E-state index contributed by atoms with van der Waals surface area (Å²) in [5, 5.41) is 10.7. The third-order valence-electron chi connectivity index (χ3n) is 17.1. The Bertz CT molecular complexity index is 2530. The maximum Gasteiger partial charge on any atom is 0.472 e. The first-order valence-corrected chi connectivity index (χ1v) is 44.4. The number of unbranched alkanes of at least 4 members (excludes halogenated alkanes) is 29. The molecule has 0 aromatic rings. The fourth-order valence-electron chi connectivity index (χ4n) is 10.8. The van der Waals surface area contributed by atoms with E-state index in [1.54, 1.807) is 0 Å². The Balaban J connectivity index is 5.45. The Morgan fingerprint density at radius 1 is 0.274 bits per heavy atom. The highest BCUT2D eigenvalue weighted by molar-refractivity contribution is 7.47. The molecular weight excluding hydrogens is 1380 g/mol. The second-order valence-electron chi connectivity index (χ2n) is 27.3. The first-order chi connectivity index (χ1) is 51.7. The van der Waals surface area contributed by atoms with E-state index in [0.29, 0.717) is 32.1 Å². The van der Waals surface area contributed by atoms with Crippen LogP contribution in [0, 0.1) is 0 Å². The molecule has 0 bridgehead atoms. The van der Waals surface area contributed by atoms with Crippen molar-refractivity contribution in [2.24, 2.45) is 0 Å². The molecule has 5 atom stereocenters. The number of aliphatic hydroxyl groups excluding tert-OH is 1. The van der Waals surface area contributed by atoms with Crippen LogP contribution in [0.4, 0.5) is 0 Å². The zero-order valence-corrected chi connectivity index (χ0v) is 68.4. The third-order valence-corrected chi connectivity index (χ3v) is 19.0. The number of hydrogen-bond acceptors (Lipinski definition) is 15. The van der Waals surface area contributed by atoms with E-state index in [4.69, 9.17) is 37.0 Å². The van der Waals surface area contributed by atoms with Gasteiger partial charge in [0.2, 0.25) is 0 Å². The van der Waals surface area contributed by atoms with Gasteiger partial charge in [0.05, 0.1) is 26.4 Å². The summed E-state index contributed by atoms with van der Waals surface area (Å²) in [6, 6.07) is 0. The van der Waals surface area contributed by atoms with Crippen molar-refractivity contribution < 1.29 is 80.2 Å². The lowest BCUT2D eigenvalue weighted by Crippen LogP contribution is -2.30. The molecule has 0 rings (SSSR count). The second-order valence-corrected chi connectivity index (χ2v) is 30.2. The van der Waals surface area contributed by atoms with Crippen LogP contribution in [0.1, 0.15) is 336 Å². The molecule has 19 heteroatoms. The van der Waals surface area contributed by atoms with Crippen LogP contribution in [-0.4, -0.2) is 96.7 Å². The van der Waals surface area contributed by atoms with Crippen molar-refractivity contribution in [2.45, 2.75) is 354 Å². The lowest BCUT2D eigenvalue weighted by atomic mass is 10.1. The summed E-state index contributed by atoms with van der Waals surface area (Å²) in [6.07, 6.45) is 88.5. The van der Waals surface area contributed by atoms with Gasteiger partial charge in [0.1, 0.15) is 19.3 Å². The molecule has 17 nitrogen and oxygen atoms in total. The van der Waals surface area contributed by atoms with Gasteiger partial charge in [-0.1, -0.05) is 283 Å². The summed E-state index contributed by atoms with van der Waals surface area (Å²) in [7, 11) is -10.00. The lowest BCUT2D eigenvalue weighted by molar-refractivity contribution is -0.161. The van der Waals surface area contributed by atoms with Crippen molar-refractivity contribution in [1.29, 1.82) is 0 Å². The number of allylic oxidation sites excluding steroid dienone is 22. The molecule has 0 radical (unpaired) electrons. The van der Waals surface area contributed by atoms with Crippen molar-refractivity contribution in [3.05, 3.63) is 134 Å². The minimum atomic E-state index is -5.00. The highest BCUT2D eigenvalue weighted by atomic mass is 31.2. The lowest BCUT2D eigenvalue weighted by Gasteiger charge is -2.21. The highest BCUT2D eigenvalue weighted by Gasteiger charge is 2.30. The molecule has 0 saturated carbocycles. The zero-order chi connectivity index (χ0) is 77.4. The van der Waals surface area contributed by atoms with Crippen LogP contribution in [0.15, 0.2) is 134 Å². The number of phosphoric acid groups is 2. The molecule has 106 heavy (non-hydrogen) atoms. The predicted molar refractivity (Wildman–Crippen MR) is 436 cm³/mol. The van der Waals surface area contributed by atoms with E-state index in [1.807, 2.05) is 12.2 Å². The molecule has 0 aliphatic carbocycles. The molecule has 0 aliphatic heterocycles. The topological polar surface area (TPSA) is 237 Å². The molecule has 0 heterocycles. The van der Waals surface area contributed by atoms with Crippen molar-refractivity contribution in [1.82, 2.24) is 0 Å². The second kappa shape index (κ2) is 78.3. The molecule has 0 aromatic carbocycles. The predicted octanol–water partition coefficient (Wildman–Crippen LogP) is 24.4. The zero-order valence-electron chi connectivity index (χ0n) is 66.6. The van der Waals surface area contributed by atoms with Crippen molar-refractivity contribution in [3.8, 4) is 0 Å². The van der Waals surface area contributed by atoms with Crippen LogP contribution in [0.25, 0.3) is 0 Å². The molecule has 2 unspecified atom stereocenters. The third kappa shape index (κ3) is 77.4. The van der Waals surface area contributed by atoms with E-state index in [9.17, 15) is 43.2 Å². The van der Waals surface area contributed by atoms with Gasteiger partial charge in [-0.05, 0) is 161 Å². The first kappa shape index (κ1) is 101. The average Bonchev–Trinajstić information content (AvgIpc) is 0.905. The molecule has 0 spiro atoms. The van der Waals surface area contributed by atoms with E-state index < -0.39 is 97.5 Å². The SMILES string of the molecule is CC/C=C\C/C=C\C/C=C\C/C=C\C/C=C\CCCCCC(=O)OC[C@H](COP(=O)(O)OC[C@@H](O)COP(=O)(O)OC[C@@H](COC(=O)CCCCCCC/C=C\CCCCCCCC)OC(=O)CCC/C=C\C/C=C\C/C=C\C/C=C\CCCCC)OC(=O)CCCCCCCCC/C=C\CCCCCC. The van der Waals surface area contributed by atoms with E-state index >= 15 is 0 Å². The summed E-state index contributed by atoms with van der Waals surface area (Å²) in [6.45, 7) is 4.63. The Kier molecular flexibility index (Phi) is 74.8. The molecule has 0 fully saturated rings. The van der Waals surface area contributed by atoms with Gasteiger partial charge in [0.25, 0.3) is 0 Å². The largest absolute Gasteiger partial charge is 0.472 e. The summed E-state index contributed by atoms with van der Waals surface area (Å²) in [5.74, 6) is -2.29. The highest BCUT2D eigenvalue weighted by Crippen LogP contribution is 2.45. The Hall–Kier alpha value is -4.80. The minimum Gasteiger partial charge on any atom is -0.462 e. The van der Waals surface area contributed by atoms with Gasteiger partial charge in [0.15, 0.2) is 12.2 Å². The maximum absolute atomic E-state index is 13.1. The van der Waals surface area contributed by atoms with Gasteiger partial charge >= 0.3 is 39.5 Å². The van der Waals surface area contributed by atoms with Crippen LogP contribution < -0.4 is 0 Å². The Morgan fingerprint density at radius 3 is 0.840 bits per heavy atom.